The van der Waals surface area contributed by atoms with Crippen LogP contribution in [0.2, 0.25) is 5.02 Å². The summed E-state index contributed by atoms with van der Waals surface area (Å²) >= 11 is 5.94. The highest BCUT2D eigenvalue weighted by atomic mass is 35.5. The minimum Gasteiger partial charge on any atom is -0.497 e. The van der Waals surface area contributed by atoms with Crippen LogP contribution < -0.4 is 14.4 Å². The molecule has 0 spiro atoms. The van der Waals surface area contributed by atoms with Gasteiger partial charge in [0.15, 0.2) is 0 Å². The zero-order valence-electron chi connectivity index (χ0n) is 20.1. The Bertz CT molecular complexity index is 1090. The van der Waals surface area contributed by atoms with Gasteiger partial charge in [-0.1, -0.05) is 30.7 Å². The fraction of sp³-hybridized carbons (Fsp3) is 0.417. The minimum atomic E-state index is -3.79. The third kappa shape index (κ3) is 7.63. The molecule has 8 nitrogen and oxygen atoms in total. The van der Waals surface area contributed by atoms with Crippen LogP contribution >= 0.6 is 11.6 Å². The summed E-state index contributed by atoms with van der Waals surface area (Å²) in [6.45, 7) is 5.13. The lowest BCUT2D eigenvalue weighted by Crippen LogP contribution is -2.53. The Morgan fingerprint density at radius 2 is 1.76 bits per heavy atom. The first-order chi connectivity index (χ1) is 16.0. The molecule has 2 aromatic carbocycles. The van der Waals surface area contributed by atoms with E-state index in [1.807, 2.05) is 26.8 Å². The molecule has 0 aliphatic carbocycles. The van der Waals surface area contributed by atoms with E-state index in [0.717, 1.165) is 16.1 Å². The second-order valence-electron chi connectivity index (χ2n) is 8.21. The van der Waals surface area contributed by atoms with Crippen LogP contribution in [0.4, 0.5) is 5.69 Å². The zero-order chi connectivity index (χ0) is 25.5. The van der Waals surface area contributed by atoms with Gasteiger partial charge in [-0.2, -0.15) is 0 Å². The van der Waals surface area contributed by atoms with Gasteiger partial charge < -0.3 is 15.0 Å². The Morgan fingerprint density at radius 3 is 2.29 bits per heavy atom. The normalized spacial score (nSPS) is 12.2. The van der Waals surface area contributed by atoms with Gasteiger partial charge >= 0.3 is 0 Å². The monoisotopic (exact) mass is 509 g/mol. The number of carbonyl (C=O) groups is 2. The molecular formula is C24H32ClN3O5S. The number of methoxy groups -OCH3 is 1. The molecule has 0 aliphatic rings. The van der Waals surface area contributed by atoms with Crippen molar-refractivity contribution in [3.63, 3.8) is 0 Å². The van der Waals surface area contributed by atoms with E-state index < -0.39 is 28.5 Å². The Hall–Kier alpha value is -2.78. The highest BCUT2D eigenvalue weighted by molar-refractivity contribution is 7.92. The number of benzene rings is 2. The molecule has 2 amide bonds. The SMILES string of the molecule is CC[C@@H](C(=O)NC(C)C)N(Cc1cccc(OC)c1)C(=O)CN(c1ccc(Cl)cc1)S(C)(=O)=O. The predicted octanol–water partition coefficient (Wildman–Crippen LogP) is 3.45. The van der Waals surface area contributed by atoms with Crippen LogP contribution in [0, 0.1) is 0 Å². The number of ether oxygens (including phenoxy) is 1. The number of halogens is 1. The average molecular weight is 510 g/mol. The van der Waals surface area contributed by atoms with E-state index in [-0.39, 0.29) is 18.5 Å². The second kappa shape index (κ2) is 12.1. The number of anilines is 1. The minimum absolute atomic E-state index is 0.109. The van der Waals surface area contributed by atoms with Crippen molar-refractivity contribution >= 4 is 39.1 Å². The summed E-state index contributed by atoms with van der Waals surface area (Å²) in [4.78, 5) is 27.9. The molecule has 1 N–H and O–H groups in total. The largest absolute Gasteiger partial charge is 0.497 e. The van der Waals surface area contributed by atoms with E-state index >= 15 is 0 Å². The van der Waals surface area contributed by atoms with Crippen LogP contribution in [0.25, 0.3) is 0 Å². The van der Waals surface area contributed by atoms with Crippen LogP contribution in [-0.4, -0.2) is 57.1 Å². The van der Waals surface area contributed by atoms with Gasteiger partial charge in [-0.3, -0.25) is 13.9 Å². The summed E-state index contributed by atoms with van der Waals surface area (Å²) < 4.78 is 31.4. The average Bonchev–Trinajstić information content (AvgIpc) is 2.76. The number of carbonyl (C=O) groups excluding carboxylic acids is 2. The van der Waals surface area contributed by atoms with Crippen molar-refractivity contribution in [2.45, 2.75) is 45.8 Å². The van der Waals surface area contributed by atoms with Gasteiger partial charge in [-0.15, -0.1) is 0 Å². The zero-order valence-corrected chi connectivity index (χ0v) is 21.7. The third-order valence-corrected chi connectivity index (χ3v) is 6.49. The first-order valence-electron chi connectivity index (χ1n) is 10.9. The van der Waals surface area contributed by atoms with Crippen molar-refractivity contribution in [3.8, 4) is 5.75 Å². The number of sulfonamides is 1. The van der Waals surface area contributed by atoms with Gasteiger partial charge in [0.25, 0.3) is 0 Å². The molecule has 0 radical (unpaired) electrons. The van der Waals surface area contributed by atoms with Crippen molar-refractivity contribution in [3.05, 3.63) is 59.1 Å². The summed E-state index contributed by atoms with van der Waals surface area (Å²) in [7, 11) is -2.25. The lowest BCUT2D eigenvalue weighted by atomic mass is 10.1. The van der Waals surface area contributed by atoms with Crippen LogP contribution in [0.15, 0.2) is 48.5 Å². The Kier molecular flexibility index (Phi) is 9.76. The number of nitrogens with zero attached hydrogens (tertiary/aromatic N) is 2. The van der Waals surface area contributed by atoms with Crippen molar-refractivity contribution in [2.24, 2.45) is 0 Å². The standard InChI is InChI=1S/C24H32ClN3O5S/c1-6-22(24(30)26-17(2)3)27(15-18-8-7-9-21(14-18)33-4)23(29)16-28(34(5,31)32)20-12-10-19(25)11-13-20/h7-14,17,22H,6,15-16H2,1-5H3,(H,26,30)/t22-/m0/s1. The number of rotatable bonds is 11. The molecule has 0 aliphatic heterocycles. The van der Waals surface area contributed by atoms with E-state index in [4.69, 9.17) is 16.3 Å². The summed E-state index contributed by atoms with van der Waals surface area (Å²) in [6.07, 6.45) is 1.39. The first kappa shape index (κ1) is 27.5. The van der Waals surface area contributed by atoms with E-state index in [2.05, 4.69) is 5.32 Å². The van der Waals surface area contributed by atoms with E-state index in [9.17, 15) is 18.0 Å². The van der Waals surface area contributed by atoms with Gasteiger partial charge in [0.1, 0.15) is 18.3 Å². The van der Waals surface area contributed by atoms with Crippen molar-refractivity contribution < 1.29 is 22.7 Å². The summed E-state index contributed by atoms with van der Waals surface area (Å²) in [5.41, 5.74) is 1.06. The summed E-state index contributed by atoms with van der Waals surface area (Å²) in [6, 6.07) is 12.5. The molecule has 1 atom stereocenters. The molecule has 2 aromatic rings. The van der Waals surface area contributed by atoms with Crippen LogP contribution in [0.1, 0.15) is 32.8 Å². The number of hydrogen-bond donors (Lipinski definition) is 1. The molecule has 186 valence electrons. The Labute approximate surface area is 206 Å². The molecule has 0 fully saturated rings. The number of hydrogen-bond acceptors (Lipinski definition) is 5. The third-order valence-electron chi connectivity index (χ3n) is 5.10. The van der Waals surface area contributed by atoms with Crippen LogP contribution in [-0.2, 0) is 26.2 Å². The second-order valence-corrected chi connectivity index (χ2v) is 10.5. The van der Waals surface area contributed by atoms with Crippen LogP contribution in [0.5, 0.6) is 5.75 Å². The highest BCUT2D eigenvalue weighted by Crippen LogP contribution is 2.22. The maximum absolute atomic E-state index is 13.6. The predicted molar refractivity (Wildman–Crippen MR) is 135 cm³/mol. The first-order valence-corrected chi connectivity index (χ1v) is 13.1. The maximum atomic E-state index is 13.6. The molecule has 0 saturated carbocycles. The van der Waals surface area contributed by atoms with Gasteiger partial charge in [0, 0.05) is 17.6 Å². The molecule has 0 bridgehead atoms. The van der Waals surface area contributed by atoms with E-state index in [1.165, 1.54) is 17.0 Å². The molecule has 0 aromatic heterocycles. The fourth-order valence-corrected chi connectivity index (χ4v) is 4.46. The topological polar surface area (TPSA) is 96.0 Å². The molecule has 10 heteroatoms. The molecule has 0 heterocycles. The maximum Gasteiger partial charge on any atom is 0.244 e. The van der Waals surface area contributed by atoms with Crippen LogP contribution in [0.3, 0.4) is 0 Å². The Balaban J connectivity index is 2.44. The lowest BCUT2D eigenvalue weighted by Gasteiger charge is -2.33. The highest BCUT2D eigenvalue weighted by Gasteiger charge is 2.32. The van der Waals surface area contributed by atoms with E-state index in [0.29, 0.717) is 22.9 Å². The van der Waals surface area contributed by atoms with Gasteiger partial charge in [-0.25, -0.2) is 8.42 Å². The van der Waals surface area contributed by atoms with Gasteiger partial charge in [-0.05, 0) is 62.2 Å². The Morgan fingerprint density at radius 1 is 1.12 bits per heavy atom. The van der Waals surface area contributed by atoms with Crippen molar-refractivity contribution in [2.75, 3.05) is 24.2 Å². The van der Waals surface area contributed by atoms with Crippen molar-refractivity contribution in [1.82, 2.24) is 10.2 Å². The quantitative estimate of drug-likeness (QED) is 0.500. The molecule has 2 rings (SSSR count). The summed E-state index contributed by atoms with van der Waals surface area (Å²) in [5.74, 6) is -0.191. The fourth-order valence-electron chi connectivity index (χ4n) is 3.49. The molecule has 34 heavy (non-hydrogen) atoms. The lowest BCUT2D eigenvalue weighted by molar-refractivity contribution is -0.140. The smallest absolute Gasteiger partial charge is 0.244 e. The molecule has 0 unspecified atom stereocenters. The molecule has 0 saturated heterocycles. The van der Waals surface area contributed by atoms with E-state index in [1.54, 1.807) is 37.4 Å². The van der Waals surface area contributed by atoms with Crippen molar-refractivity contribution in [1.29, 1.82) is 0 Å². The van der Waals surface area contributed by atoms with Gasteiger partial charge in [0.05, 0.1) is 19.1 Å². The number of amides is 2. The summed E-state index contributed by atoms with van der Waals surface area (Å²) in [5, 5.41) is 3.30. The molecular weight excluding hydrogens is 478 g/mol. The van der Waals surface area contributed by atoms with Gasteiger partial charge in [0.2, 0.25) is 21.8 Å². The number of nitrogens with one attached hydrogen (secondary N) is 1.